The van der Waals surface area contributed by atoms with Gasteiger partial charge in [0.1, 0.15) is 6.54 Å². The molecular formula is C16H21N5O4S. The first-order valence-electron chi connectivity index (χ1n) is 7.93. The van der Waals surface area contributed by atoms with Gasteiger partial charge in [0, 0.05) is 17.8 Å². The Bertz CT molecular complexity index is 903. The molecule has 3 N–H and O–H groups in total. The zero-order valence-electron chi connectivity index (χ0n) is 14.7. The number of benzene rings is 1. The van der Waals surface area contributed by atoms with E-state index in [0.717, 1.165) is 11.4 Å². The third-order valence-electron chi connectivity index (χ3n) is 3.47. The molecule has 140 valence electrons. The molecule has 0 unspecified atom stereocenters. The summed E-state index contributed by atoms with van der Waals surface area (Å²) in [7, 11) is -3.58. The van der Waals surface area contributed by atoms with Crippen molar-refractivity contribution in [1.82, 2.24) is 25.4 Å². The van der Waals surface area contributed by atoms with Crippen LogP contribution in [0.2, 0.25) is 0 Å². The highest BCUT2D eigenvalue weighted by Crippen LogP contribution is 2.10. The molecule has 9 nitrogen and oxygen atoms in total. The number of nitrogens with one attached hydrogen (secondary N) is 3. The first-order valence-corrected chi connectivity index (χ1v) is 9.41. The van der Waals surface area contributed by atoms with Crippen LogP contribution in [0.5, 0.6) is 0 Å². The molecule has 1 aromatic heterocycles. The quantitative estimate of drug-likeness (QED) is 0.622. The number of amides is 2. The van der Waals surface area contributed by atoms with E-state index in [1.54, 1.807) is 6.92 Å². The fourth-order valence-corrected chi connectivity index (χ4v) is 3.31. The van der Waals surface area contributed by atoms with Crippen LogP contribution in [-0.4, -0.2) is 36.6 Å². The van der Waals surface area contributed by atoms with E-state index in [2.05, 4.69) is 20.7 Å². The second-order valence-corrected chi connectivity index (χ2v) is 7.38. The molecule has 0 saturated heterocycles. The predicted octanol–water partition coefficient (Wildman–Crippen LogP) is 0.259. The first kappa shape index (κ1) is 19.6. The lowest BCUT2D eigenvalue weighted by atomic mass is 10.2. The van der Waals surface area contributed by atoms with E-state index >= 15 is 0 Å². The topological polar surface area (TPSA) is 122 Å². The Kier molecular flexibility index (Phi) is 6.11. The van der Waals surface area contributed by atoms with Crippen molar-refractivity contribution in [3.05, 3.63) is 47.3 Å². The summed E-state index contributed by atoms with van der Waals surface area (Å²) >= 11 is 0. The van der Waals surface area contributed by atoms with Crippen LogP contribution in [0.15, 0.2) is 35.2 Å². The van der Waals surface area contributed by atoms with Crippen LogP contribution in [0.3, 0.4) is 0 Å². The number of rotatable bonds is 6. The van der Waals surface area contributed by atoms with Crippen molar-refractivity contribution in [3.63, 3.8) is 0 Å². The van der Waals surface area contributed by atoms with Crippen molar-refractivity contribution in [2.75, 3.05) is 6.54 Å². The number of aryl methyl sites for hydroxylation is 2. The summed E-state index contributed by atoms with van der Waals surface area (Å²) in [5, 5.41) is 4.16. The van der Waals surface area contributed by atoms with Crippen molar-refractivity contribution in [1.29, 1.82) is 0 Å². The van der Waals surface area contributed by atoms with Gasteiger partial charge in [-0.3, -0.25) is 25.1 Å². The van der Waals surface area contributed by atoms with Gasteiger partial charge in [-0.05, 0) is 44.2 Å². The molecule has 2 amide bonds. The Morgan fingerprint density at radius 1 is 1.12 bits per heavy atom. The summed E-state index contributed by atoms with van der Waals surface area (Å²) in [4.78, 5) is 24.0. The van der Waals surface area contributed by atoms with Crippen molar-refractivity contribution >= 4 is 21.8 Å². The van der Waals surface area contributed by atoms with Gasteiger partial charge < -0.3 is 0 Å². The third-order valence-corrected chi connectivity index (χ3v) is 5.03. The van der Waals surface area contributed by atoms with E-state index in [4.69, 9.17) is 0 Å². The van der Waals surface area contributed by atoms with Crippen LogP contribution < -0.4 is 15.6 Å². The Balaban J connectivity index is 1.93. The number of carbonyl (C=O) groups excluding carboxylic acids is 2. The van der Waals surface area contributed by atoms with Crippen molar-refractivity contribution < 1.29 is 18.0 Å². The monoisotopic (exact) mass is 379 g/mol. The van der Waals surface area contributed by atoms with E-state index in [1.165, 1.54) is 28.9 Å². The molecule has 26 heavy (non-hydrogen) atoms. The lowest BCUT2D eigenvalue weighted by molar-refractivity contribution is -0.122. The van der Waals surface area contributed by atoms with Crippen LogP contribution in [0.1, 0.15) is 28.7 Å². The van der Waals surface area contributed by atoms with Gasteiger partial charge >= 0.3 is 0 Å². The third kappa shape index (κ3) is 4.90. The summed E-state index contributed by atoms with van der Waals surface area (Å²) in [6.07, 6.45) is 0. The van der Waals surface area contributed by atoms with E-state index in [-0.39, 0.29) is 23.5 Å². The maximum atomic E-state index is 12.0. The number of nitrogens with zero attached hydrogens (tertiary/aromatic N) is 2. The zero-order valence-corrected chi connectivity index (χ0v) is 15.6. The standard InChI is InChI=1S/C16H21N5O4S/c1-4-17-26(24,25)14-7-5-13(6-8-14)16(23)19-18-15(22)10-21-12(3)9-11(2)20-21/h5-9,17H,4,10H2,1-3H3,(H,18,22)(H,19,23). The normalized spacial score (nSPS) is 11.2. The molecule has 0 saturated carbocycles. The van der Waals surface area contributed by atoms with Crippen LogP contribution in [0.4, 0.5) is 0 Å². The largest absolute Gasteiger partial charge is 0.271 e. The molecule has 0 atom stereocenters. The van der Waals surface area contributed by atoms with Crippen LogP contribution >= 0.6 is 0 Å². The molecule has 2 rings (SSSR count). The number of carbonyl (C=O) groups is 2. The SMILES string of the molecule is CCNS(=O)(=O)c1ccc(C(=O)NNC(=O)Cn2nc(C)cc2C)cc1. The minimum absolute atomic E-state index is 0.0280. The van der Waals surface area contributed by atoms with Gasteiger partial charge in [-0.15, -0.1) is 0 Å². The van der Waals surface area contributed by atoms with E-state index < -0.39 is 21.8 Å². The molecule has 0 bridgehead atoms. The van der Waals surface area contributed by atoms with Crippen LogP contribution in [-0.2, 0) is 21.4 Å². The lowest BCUT2D eigenvalue weighted by Crippen LogP contribution is -2.43. The zero-order chi connectivity index (χ0) is 19.3. The average molecular weight is 379 g/mol. The Hall–Kier alpha value is -2.72. The molecule has 2 aromatic rings. The molecule has 0 aliphatic heterocycles. The van der Waals surface area contributed by atoms with Gasteiger partial charge in [0.15, 0.2) is 0 Å². The van der Waals surface area contributed by atoms with Gasteiger partial charge in [-0.2, -0.15) is 5.10 Å². The maximum absolute atomic E-state index is 12.0. The molecule has 0 aliphatic rings. The van der Waals surface area contributed by atoms with Crippen LogP contribution in [0.25, 0.3) is 0 Å². The second kappa shape index (κ2) is 8.11. The summed E-state index contributed by atoms with van der Waals surface area (Å²) in [6.45, 7) is 5.57. The summed E-state index contributed by atoms with van der Waals surface area (Å²) < 4.78 is 27.6. The first-order chi connectivity index (χ1) is 12.2. The predicted molar refractivity (Wildman–Crippen MR) is 94.6 cm³/mol. The van der Waals surface area contributed by atoms with Crippen molar-refractivity contribution in [2.45, 2.75) is 32.2 Å². The highest BCUT2D eigenvalue weighted by molar-refractivity contribution is 7.89. The molecule has 0 radical (unpaired) electrons. The molecule has 10 heteroatoms. The molecule has 1 aromatic carbocycles. The Labute approximate surface area is 151 Å². The smallest absolute Gasteiger partial charge is 0.269 e. The highest BCUT2D eigenvalue weighted by Gasteiger charge is 2.14. The minimum atomic E-state index is -3.58. The Morgan fingerprint density at radius 2 is 1.77 bits per heavy atom. The highest BCUT2D eigenvalue weighted by atomic mass is 32.2. The van der Waals surface area contributed by atoms with Gasteiger partial charge in [-0.1, -0.05) is 6.92 Å². The average Bonchev–Trinajstić information content (AvgIpc) is 2.90. The maximum Gasteiger partial charge on any atom is 0.269 e. The Morgan fingerprint density at radius 3 is 2.31 bits per heavy atom. The number of hydrazine groups is 1. The number of hydrogen-bond acceptors (Lipinski definition) is 5. The number of hydrogen-bond donors (Lipinski definition) is 3. The molecule has 0 aliphatic carbocycles. The summed E-state index contributed by atoms with van der Waals surface area (Å²) in [6, 6.07) is 7.23. The van der Waals surface area contributed by atoms with Gasteiger partial charge in [0.25, 0.3) is 11.8 Å². The lowest BCUT2D eigenvalue weighted by Gasteiger charge is -2.09. The summed E-state index contributed by atoms with van der Waals surface area (Å²) in [5.74, 6) is -0.991. The number of aromatic nitrogens is 2. The van der Waals surface area contributed by atoms with Crippen molar-refractivity contribution in [3.8, 4) is 0 Å². The molecule has 1 heterocycles. The fraction of sp³-hybridized carbons (Fsp3) is 0.312. The van der Waals surface area contributed by atoms with Crippen LogP contribution in [0, 0.1) is 13.8 Å². The van der Waals surface area contributed by atoms with E-state index in [1.807, 2.05) is 19.9 Å². The van der Waals surface area contributed by atoms with E-state index in [0.29, 0.717) is 0 Å². The molecular weight excluding hydrogens is 358 g/mol. The molecule has 0 spiro atoms. The summed E-state index contributed by atoms with van der Waals surface area (Å²) in [5.41, 5.74) is 6.43. The van der Waals surface area contributed by atoms with Gasteiger partial charge in [0.05, 0.1) is 10.6 Å². The minimum Gasteiger partial charge on any atom is -0.271 e. The van der Waals surface area contributed by atoms with Crippen molar-refractivity contribution in [2.24, 2.45) is 0 Å². The fourth-order valence-electron chi connectivity index (χ4n) is 2.27. The second-order valence-electron chi connectivity index (χ2n) is 5.61. The van der Waals surface area contributed by atoms with E-state index in [9.17, 15) is 18.0 Å². The van der Waals surface area contributed by atoms with Gasteiger partial charge in [0.2, 0.25) is 10.0 Å². The number of sulfonamides is 1. The van der Waals surface area contributed by atoms with Gasteiger partial charge in [-0.25, -0.2) is 13.1 Å². The molecule has 0 fully saturated rings.